The van der Waals surface area contributed by atoms with E-state index in [2.05, 4.69) is 17.4 Å². The van der Waals surface area contributed by atoms with Crippen molar-refractivity contribution in [2.45, 2.75) is 38.6 Å². The number of halogens is 2. The summed E-state index contributed by atoms with van der Waals surface area (Å²) < 4.78 is 25.6. The molecule has 156 valence electrons. The van der Waals surface area contributed by atoms with E-state index in [1.807, 2.05) is 13.0 Å². The molecular formula is C21H24Cl2N2O3S. The second kappa shape index (κ2) is 8.94. The van der Waals surface area contributed by atoms with Crippen molar-refractivity contribution in [1.29, 1.82) is 0 Å². The lowest BCUT2D eigenvalue weighted by Crippen LogP contribution is -2.41. The lowest BCUT2D eigenvalue weighted by molar-refractivity contribution is -0.120. The smallest absolute Gasteiger partial charge is 0.241 e. The molecule has 8 heteroatoms. The number of aryl methyl sites for hydroxylation is 2. The normalized spacial score (nSPS) is 14.8. The number of rotatable bonds is 6. The molecule has 0 radical (unpaired) electrons. The van der Waals surface area contributed by atoms with Gasteiger partial charge in [0, 0.05) is 5.02 Å². The van der Waals surface area contributed by atoms with E-state index in [9.17, 15) is 13.2 Å². The lowest BCUT2D eigenvalue weighted by atomic mass is 9.89. The number of fused-ring (bicyclic) bond motifs is 1. The summed E-state index contributed by atoms with van der Waals surface area (Å²) >= 11 is 12.1. The summed E-state index contributed by atoms with van der Waals surface area (Å²) in [5, 5.41) is 3.43. The van der Waals surface area contributed by atoms with Gasteiger partial charge in [-0.15, -0.1) is 0 Å². The second-order valence-corrected chi connectivity index (χ2v) is 10.1. The second-order valence-electron chi connectivity index (χ2n) is 7.39. The highest BCUT2D eigenvalue weighted by Crippen LogP contribution is 2.30. The summed E-state index contributed by atoms with van der Waals surface area (Å²) in [7, 11) is -3.74. The van der Waals surface area contributed by atoms with Gasteiger partial charge >= 0.3 is 0 Å². The third kappa shape index (κ3) is 5.44. The molecule has 0 bridgehead atoms. The van der Waals surface area contributed by atoms with Gasteiger partial charge in [0.05, 0.1) is 23.0 Å². The van der Waals surface area contributed by atoms with Gasteiger partial charge in [-0.05, 0) is 67.5 Å². The Morgan fingerprint density at radius 2 is 1.79 bits per heavy atom. The molecule has 0 fully saturated rings. The minimum absolute atomic E-state index is 0.179. The fourth-order valence-corrected chi connectivity index (χ4v) is 4.88. The maximum atomic E-state index is 12.6. The number of sulfonamides is 1. The molecule has 1 N–H and O–H groups in total. The van der Waals surface area contributed by atoms with Crippen LogP contribution in [0.3, 0.4) is 0 Å². The first kappa shape index (κ1) is 21.9. The molecule has 3 rings (SSSR count). The number of hydrogen-bond acceptors (Lipinski definition) is 3. The standard InChI is InChI=1S/C21H24Cl2N2O3S/c1-14(16-8-7-15-5-3-4-6-17(15)11-16)24-21(26)13-25(29(2,27)28)20-12-18(22)9-10-19(20)23/h7-12,14H,3-6,13H2,1-2H3,(H,24,26). The maximum absolute atomic E-state index is 12.6. The van der Waals surface area contributed by atoms with E-state index >= 15 is 0 Å². The van der Waals surface area contributed by atoms with E-state index in [4.69, 9.17) is 23.2 Å². The molecule has 0 saturated heterocycles. The zero-order valence-electron chi connectivity index (χ0n) is 16.4. The van der Waals surface area contributed by atoms with Gasteiger partial charge in [0.2, 0.25) is 15.9 Å². The quantitative estimate of drug-likeness (QED) is 0.697. The van der Waals surface area contributed by atoms with Crippen LogP contribution in [0.15, 0.2) is 36.4 Å². The monoisotopic (exact) mass is 454 g/mol. The Hall–Kier alpha value is -1.76. The Labute approximate surface area is 182 Å². The van der Waals surface area contributed by atoms with Crippen LogP contribution in [-0.2, 0) is 27.7 Å². The summed E-state index contributed by atoms with van der Waals surface area (Å²) in [6, 6.07) is 10.5. The number of nitrogens with one attached hydrogen (secondary N) is 1. The topological polar surface area (TPSA) is 66.5 Å². The van der Waals surface area contributed by atoms with Crippen molar-refractivity contribution < 1.29 is 13.2 Å². The average molecular weight is 455 g/mol. The van der Waals surface area contributed by atoms with E-state index in [1.54, 1.807) is 6.07 Å². The van der Waals surface area contributed by atoms with Gasteiger partial charge in [0.1, 0.15) is 6.54 Å². The van der Waals surface area contributed by atoms with Crippen LogP contribution in [0.1, 0.15) is 42.5 Å². The Kier molecular flexibility index (Phi) is 6.76. The van der Waals surface area contributed by atoms with Crippen molar-refractivity contribution in [2.75, 3.05) is 17.1 Å². The predicted octanol–water partition coefficient (Wildman–Crippen LogP) is 4.52. The van der Waals surface area contributed by atoms with Gasteiger partial charge in [-0.1, -0.05) is 41.4 Å². The minimum Gasteiger partial charge on any atom is -0.348 e. The van der Waals surface area contributed by atoms with Crippen LogP contribution < -0.4 is 9.62 Å². The molecule has 1 aliphatic rings. The van der Waals surface area contributed by atoms with Crippen LogP contribution in [0.4, 0.5) is 5.69 Å². The highest BCUT2D eigenvalue weighted by molar-refractivity contribution is 7.92. The van der Waals surface area contributed by atoms with E-state index in [-0.39, 0.29) is 23.3 Å². The summed E-state index contributed by atoms with van der Waals surface area (Å²) in [5.41, 5.74) is 3.89. The van der Waals surface area contributed by atoms with Crippen LogP contribution in [0.25, 0.3) is 0 Å². The predicted molar refractivity (Wildman–Crippen MR) is 118 cm³/mol. The summed E-state index contributed by atoms with van der Waals surface area (Å²) in [5.74, 6) is -0.420. The van der Waals surface area contributed by atoms with Crippen LogP contribution in [-0.4, -0.2) is 27.1 Å². The molecule has 1 atom stereocenters. The number of carbonyl (C=O) groups excluding carboxylic acids is 1. The molecule has 2 aromatic carbocycles. The van der Waals surface area contributed by atoms with Crippen molar-refractivity contribution in [1.82, 2.24) is 5.32 Å². The van der Waals surface area contributed by atoms with Gasteiger partial charge in [-0.2, -0.15) is 0 Å². The van der Waals surface area contributed by atoms with Crippen LogP contribution in [0.5, 0.6) is 0 Å². The van der Waals surface area contributed by atoms with Crippen LogP contribution in [0.2, 0.25) is 10.0 Å². The number of amides is 1. The number of anilines is 1. The molecule has 0 aromatic heterocycles. The Morgan fingerprint density at radius 1 is 1.10 bits per heavy atom. The molecular weight excluding hydrogens is 431 g/mol. The van der Waals surface area contributed by atoms with E-state index < -0.39 is 15.9 Å². The van der Waals surface area contributed by atoms with E-state index in [1.165, 1.54) is 36.1 Å². The molecule has 0 spiro atoms. The first-order valence-electron chi connectivity index (χ1n) is 9.49. The zero-order valence-corrected chi connectivity index (χ0v) is 18.7. The SMILES string of the molecule is CC(NC(=O)CN(c1cc(Cl)ccc1Cl)S(C)(=O)=O)c1ccc2c(c1)CCCC2. The molecule has 5 nitrogen and oxygen atoms in total. The molecule has 1 aliphatic carbocycles. The molecule has 0 aliphatic heterocycles. The molecule has 1 amide bonds. The molecule has 0 heterocycles. The summed E-state index contributed by atoms with van der Waals surface area (Å²) in [4.78, 5) is 12.6. The van der Waals surface area contributed by atoms with Gasteiger partial charge in [0.25, 0.3) is 0 Å². The number of nitrogens with zero attached hydrogens (tertiary/aromatic N) is 1. The van der Waals surface area contributed by atoms with Gasteiger partial charge in [-0.3, -0.25) is 9.10 Å². The molecule has 29 heavy (non-hydrogen) atoms. The summed E-state index contributed by atoms with van der Waals surface area (Å²) in [6.07, 6.45) is 5.58. The fourth-order valence-electron chi connectivity index (χ4n) is 3.58. The third-order valence-corrected chi connectivity index (χ3v) is 6.80. The van der Waals surface area contributed by atoms with Crippen LogP contribution >= 0.6 is 23.2 Å². The Morgan fingerprint density at radius 3 is 2.48 bits per heavy atom. The minimum atomic E-state index is -3.74. The van der Waals surface area contributed by atoms with Crippen LogP contribution in [0, 0.1) is 0 Å². The van der Waals surface area contributed by atoms with Crippen molar-refractivity contribution in [3.8, 4) is 0 Å². The highest BCUT2D eigenvalue weighted by Gasteiger charge is 2.24. The number of hydrogen-bond donors (Lipinski definition) is 1. The number of carbonyl (C=O) groups is 1. The third-order valence-electron chi connectivity index (χ3n) is 5.11. The van der Waals surface area contributed by atoms with E-state index in [0.29, 0.717) is 5.02 Å². The van der Waals surface area contributed by atoms with Crippen molar-refractivity contribution in [2.24, 2.45) is 0 Å². The Balaban J connectivity index is 1.76. The van der Waals surface area contributed by atoms with Gasteiger partial charge in [0.15, 0.2) is 0 Å². The molecule has 2 aromatic rings. The molecule has 1 unspecified atom stereocenters. The van der Waals surface area contributed by atoms with Crippen molar-refractivity contribution in [3.05, 3.63) is 63.1 Å². The highest BCUT2D eigenvalue weighted by atomic mass is 35.5. The largest absolute Gasteiger partial charge is 0.348 e. The van der Waals surface area contributed by atoms with Crippen molar-refractivity contribution in [3.63, 3.8) is 0 Å². The molecule has 0 saturated carbocycles. The van der Waals surface area contributed by atoms with Gasteiger partial charge < -0.3 is 5.32 Å². The van der Waals surface area contributed by atoms with Gasteiger partial charge in [-0.25, -0.2) is 8.42 Å². The van der Waals surface area contributed by atoms with E-state index in [0.717, 1.165) is 29.0 Å². The number of benzene rings is 2. The average Bonchev–Trinajstić information content (AvgIpc) is 2.67. The zero-order chi connectivity index (χ0) is 21.2. The Bertz CT molecular complexity index is 1020. The first-order valence-corrected chi connectivity index (χ1v) is 12.1. The maximum Gasteiger partial charge on any atom is 0.241 e. The van der Waals surface area contributed by atoms with Crippen molar-refractivity contribution >= 4 is 44.8 Å². The first-order chi connectivity index (χ1) is 13.6. The fraction of sp³-hybridized carbons (Fsp3) is 0.381. The summed E-state index contributed by atoms with van der Waals surface area (Å²) in [6.45, 7) is 1.51. The lowest BCUT2D eigenvalue weighted by Gasteiger charge is -2.25.